The first kappa shape index (κ1) is 14.1. The van der Waals surface area contributed by atoms with E-state index in [1.165, 1.54) is 36.7 Å². The molecular weight excluding hydrogens is 268 g/mol. The Kier molecular flexibility index (Phi) is 3.69. The highest BCUT2D eigenvalue weighted by molar-refractivity contribution is 7.89. The van der Waals surface area contributed by atoms with Crippen LogP contribution in [-0.4, -0.2) is 30.1 Å². The molecule has 0 aliphatic heterocycles. The van der Waals surface area contributed by atoms with Crippen LogP contribution in [0.25, 0.3) is 0 Å². The topological polar surface area (TPSA) is 88.4 Å². The second-order valence-corrected chi connectivity index (χ2v) is 6.89. The Morgan fingerprint density at radius 1 is 1.58 bits per heavy atom. The summed E-state index contributed by atoms with van der Waals surface area (Å²) in [6, 6.07) is 1.04. The van der Waals surface area contributed by atoms with Gasteiger partial charge < -0.3 is 9.67 Å². The Morgan fingerprint density at radius 3 is 2.68 bits per heavy atom. The van der Waals surface area contributed by atoms with Crippen molar-refractivity contribution < 1.29 is 18.3 Å². The smallest absolute Gasteiger partial charge is 0.352 e. The highest BCUT2D eigenvalue weighted by atomic mass is 32.2. The molecule has 1 aliphatic carbocycles. The van der Waals surface area contributed by atoms with E-state index in [1.807, 2.05) is 6.92 Å². The third-order valence-electron chi connectivity index (χ3n) is 3.25. The second kappa shape index (κ2) is 4.97. The summed E-state index contributed by atoms with van der Waals surface area (Å²) in [6.45, 7) is 1.83. The van der Waals surface area contributed by atoms with Gasteiger partial charge in [0.1, 0.15) is 10.6 Å². The normalized spacial score (nSPS) is 17.4. The van der Waals surface area contributed by atoms with Crippen LogP contribution >= 0.6 is 0 Å². The van der Waals surface area contributed by atoms with Gasteiger partial charge >= 0.3 is 5.97 Å². The fourth-order valence-corrected chi connectivity index (χ4v) is 3.45. The zero-order valence-electron chi connectivity index (χ0n) is 11.0. The Balaban J connectivity index is 2.14. The van der Waals surface area contributed by atoms with Crippen LogP contribution in [0.3, 0.4) is 0 Å². The van der Waals surface area contributed by atoms with Gasteiger partial charge in [0, 0.05) is 19.3 Å². The Hall–Kier alpha value is -1.34. The van der Waals surface area contributed by atoms with Crippen molar-refractivity contribution in [2.75, 3.05) is 0 Å². The summed E-state index contributed by atoms with van der Waals surface area (Å²) in [5, 5.41) is 8.92. The van der Waals surface area contributed by atoms with E-state index in [-0.39, 0.29) is 16.6 Å². The zero-order valence-corrected chi connectivity index (χ0v) is 11.8. The average Bonchev–Trinajstić information content (AvgIpc) is 2.96. The van der Waals surface area contributed by atoms with Crippen LogP contribution in [0, 0.1) is 5.92 Å². The number of nitrogens with zero attached hydrogens (tertiary/aromatic N) is 1. The monoisotopic (exact) mass is 286 g/mol. The standard InChI is InChI=1S/C12H18N2O4S/c1-8(5-9-3-4-9)13-19(17,18)10-6-11(12(15)16)14(2)7-10/h6-9,13H,3-5H2,1-2H3,(H,15,16). The molecule has 0 bridgehead atoms. The predicted molar refractivity (Wildman–Crippen MR) is 69.5 cm³/mol. The van der Waals surface area contributed by atoms with Crippen LogP contribution in [0.2, 0.25) is 0 Å². The van der Waals surface area contributed by atoms with Crippen molar-refractivity contribution in [3.63, 3.8) is 0 Å². The molecule has 0 spiro atoms. The number of aryl methyl sites for hydroxylation is 1. The van der Waals surface area contributed by atoms with E-state index in [1.54, 1.807) is 0 Å². The van der Waals surface area contributed by atoms with E-state index in [9.17, 15) is 13.2 Å². The van der Waals surface area contributed by atoms with E-state index in [4.69, 9.17) is 5.11 Å². The third kappa shape index (κ3) is 3.36. The molecule has 0 radical (unpaired) electrons. The van der Waals surface area contributed by atoms with Crippen LogP contribution in [0.15, 0.2) is 17.2 Å². The summed E-state index contributed by atoms with van der Waals surface area (Å²) in [5.74, 6) is -0.516. The fraction of sp³-hybridized carbons (Fsp3) is 0.583. The van der Waals surface area contributed by atoms with Gasteiger partial charge in [-0.1, -0.05) is 12.8 Å². The van der Waals surface area contributed by atoms with Gasteiger partial charge in [0.25, 0.3) is 0 Å². The minimum atomic E-state index is -3.65. The van der Waals surface area contributed by atoms with Crippen LogP contribution in [0.1, 0.15) is 36.7 Å². The molecule has 1 aromatic heterocycles. The number of aromatic nitrogens is 1. The van der Waals surface area contributed by atoms with Crippen molar-refractivity contribution in [2.45, 2.75) is 37.1 Å². The lowest BCUT2D eigenvalue weighted by atomic mass is 10.2. The molecule has 1 fully saturated rings. The maximum atomic E-state index is 12.1. The molecule has 1 aromatic rings. The lowest BCUT2D eigenvalue weighted by Gasteiger charge is -2.12. The van der Waals surface area contributed by atoms with Gasteiger partial charge in [0.2, 0.25) is 10.0 Å². The van der Waals surface area contributed by atoms with Gasteiger partial charge in [-0.05, 0) is 25.3 Å². The van der Waals surface area contributed by atoms with Gasteiger partial charge in [-0.25, -0.2) is 17.9 Å². The highest BCUT2D eigenvalue weighted by Gasteiger charge is 2.27. The Bertz CT molecular complexity index is 587. The number of rotatable bonds is 6. The number of carboxylic acids is 1. The van der Waals surface area contributed by atoms with E-state index in [0.29, 0.717) is 5.92 Å². The predicted octanol–water partition coefficient (Wildman–Crippen LogP) is 1.19. The number of carboxylic acid groups (broad SMARTS) is 1. The molecule has 19 heavy (non-hydrogen) atoms. The molecule has 106 valence electrons. The summed E-state index contributed by atoms with van der Waals surface area (Å²) in [4.78, 5) is 10.9. The fourth-order valence-electron chi connectivity index (χ4n) is 2.13. The molecule has 1 heterocycles. The van der Waals surface area contributed by atoms with E-state index in [2.05, 4.69) is 4.72 Å². The van der Waals surface area contributed by atoms with Gasteiger partial charge in [0.15, 0.2) is 0 Å². The van der Waals surface area contributed by atoms with E-state index in [0.717, 1.165) is 6.42 Å². The summed E-state index contributed by atoms with van der Waals surface area (Å²) in [5.41, 5.74) is -0.0461. The van der Waals surface area contributed by atoms with Gasteiger partial charge in [-0.15, -0.1) is 0 Å². The highest BCUT2D eigenvalue weighted by Crippen LogP contribution is 2.33. The minimum Gasteiger partial charge on any atom is -0.477 e. The second-order valence-electron chi connectivity index (χ2n) is 5.18. The number of nitrogens with one attached hydrogen (secondary N) is 1. The first-order valence-electron chi connectivity index (χ1n) is 6.21. The number of carbonyl (C=O) groups is 1. The first-order valence-corrected chi connectivity index (χ1v) is 7.70. The first-order chi connectivity index (χ1) is 8.79. The Labute approximate surface area is 112 Å². The molecule has 1 aliphatic rings. The van der Waals surface area contributed by atoms with Crippen LogP contribution in [-0.2, 0) is 17.1 Å². The van der Waals surface area contributed by atoms with Crippen molar-refractivity contribution in [1.29, 1.82) is 0 Å². The molecule has 0 amide bonds. The quantitative estimate of drug-likeness (QED) is 0.822. The van der Waals surface area contributed by atoms with Crippen LogP contribution < -0.4 is 4.72 Å². The summed E-state index contributed by atoms with van der Waals surface area (Å²) in [6.07, 6.45) is 4.48. The van der Waals surface area contributed by atoms with Gasteiger partial charge in [0.05, 0.1) is 0 Å². The lowest BCUT2D eigenvalue weighted by Crippen LogP contribution is -2.32. The zero-order chi connectivity index (χ0) is 14.2. The molecular formula is C12H18N2O4S. The molecule has 2 N–H and O–H groups in total. The molecule has 2 rings (SSSR count). The number of hydrogen-bond donors (Lipinski definition) is 2. The van der Waals surface area contributed by atoms with Crippen LogP contribution in [0.4, 0.5) is 0 Å². The molecule has 1 atom stereocenters. The van der Waals surface area contributed by atoms with Gasteiger partial charge in [-0.3, -0.25) is 0 Å². The molecule has 0 saturated heterocycles. The minimum absolute atomic E-state index is 0.00459. The van der Waals surface area contributed by atoms with Crippen molar-refractivity contribution in [1.82, 2.24) is 9.29 Å². The average molecular weight is 286 g/mol. The summed E-state index contributed by atoms with van der Waals surface area (Å²) >= 11 is 0. The lowest BCUT2D eigenvalue weighted by molar-refractivity contribution is 0.0686. The van der Waals surface area contributed by atoms with Crippen LogP contribution in [0.5, 0.6) is 0 Å². The summed E-state index contributed by atoms with van der Waals surface area (Å²) < 4.78 is 28.1. The SMILES string of the molecule is CC(CC1CC1)NS(=O)(=O)c1cc(C(=O)O)n(C)c1. The molecule has 1 unspecified atom stereocenters. The number of hydrogen-bond acceptors (Lipinski definition) is 3. The van der Waals surface area contributed by atoms with Crippen molar-refractivity contribution in [3.8, 4) is 0 Å². The van der Waals surface area contributed by atoms with Crippen molar-refractivity contribution >= 4 is 16.0 Å². The van der Waals surface area contributed by atoms with E-state index >= 15 is 0 Å². The number of sulfonamides is 1. The van der Waals surface area contributed by atoms with Gasteiger partial charge in [-0.2, -0.15) is 0 Å². The molecule has 0 aromatic carbocycles. The van der Waals surface area contributed by atoms with Crippen molar-refractivity contribution in [2.24, 2.45) is 13.0 Å². The van der Waals surface area contributed by atoms with E-state index < -0.39 is 16.0 Å². The number of aromatic carboxylic acids is 1. The summed E-state index contributed by atoms with van der Waals surface area (Å²) in [7, 11) is -2.14. The third-order valence-corrected chi connectivity index (χ3v) is 4.81. The molecule has 1 saturated carbocycles. The largest absolute Gasteiger partial charge is 0.477 e. The molecule has 7 heteroatoms. The molecule has 6 nitrogen and oxygen atoms in total. The van der Waals surface area contributed by atoms with Crippen molar-refractivity contribution in [3.05, 3.63) is 18.0 Å². The maximum Gasteiger partial charge on any atom is 0.352 e. The Morgan fingerprint density at radius 2 is 2.21 bits per heavy atom. The maximum absolute atomic E-state index is 12.1.